The number of benzene rings is 1. The normalized spacial score (nSPS) is 17.1. The molecule has 0 bridgehead atoms. The van der Waals surface area contributed by atoms with Crippen LogP contribution >= 0.6 is 24.0 Å². The van der Waals surface area contributed by atoms with Crippen molar-refractivity contribution in [2.75, 3.05) is 6.54 Å². The Bertz CT molecular complexity index is 794. The third-order valence-electron chi connectivity index (χ3n) is 3.07. The Hall–Kier alpha value is -2.12. The van der Waals surface area contributed by atoms with E-state index in [1.807, 2.05) is 30.5 Å². The molecule has 7 heteroatoms. The number of rotatable bonds is 3. The maximum atomic E-state index is 12.2. The first kappa shape index (κ1) is 13.8. The van der Waals surface area contributed by atoms with E-state index in [0.29, 0.717) is 4.91 Å². The highest BCUT2D eigenvalue weighted by Gasteiger charge is 2.33. The SMILES string of the molecule is O=C(O)CN1C(=O)/C(=C\c2c[nH]c3ccccc23)SC1=S. The minimum Gasteiger partial charge on any atom is -0.480 e. The maximum Gasteiger partial charge on any atom is 0.323 e. The molecule has 1 saturated heterocycles. The number of amides is 1. The first-order valence-electron chi connectivity index (χ1n) is 6.09. The number of para-hydroxylation sites is 1. The summed E-state index contributed by atoms with van der Waals surface area (Å²) in [5, 5.41) is 9.81. The number of carboxylic acids is 1. The van der Waals surface area contributed by atoms with Crippen LogP contribution < -0.4 is 0 Å². The monoisotopic (exact) mass is 318 g/mol. The molecule has 1 aliphatic heterocycles. The summed E-state index contributed by atoms with van der Waals surface area (Å²) >= 11 is 6.18. The minimum absolute atomic E-state index is 0.272. The van der Waals surface area contributed by atoms with Gasteiger partial charge in [0.2, 0.25) is 0 Å². The maximum absolute atomic E-state index is 12.2. The van der Waals surface area contributed by atoms with Crippen molar-refractivity contribution in [3.8, 4) is 0 Å². The van der Waals surface area contributed by atoms with Crippen LogP contribution in [0.25, 0.3) is 17.0 Å². The molecule has 0 aliphatic carbocycles. The Morgan fingerprint density at radius 1 is 1.43 bits per heavy atom. The van der Waals surface area contributed by atoms with Gasteiger partial charge in [0, 0.05) is 22.7 Å². The number of carbonyl (C=O) groups is 2. The fraction of sp³-hybridized carbons (Fsp3) is 0.0714. The lowest BCUT2D eigenvalue weighted by Gasteiger charge is -2.10. The first-order chi connectivity index (χ1) is 10.1. The Morgan fingerprint density at radius 2 is 2.19 bits per heavy atom. The number of nitrogens with one attached hydrogen (secondary N) is 1. The molecule has 2 aromatic rings. The smallest absolute Gasteiger partial charge is 0.323 e. The fourth-order valence-electron chi connectivity index (χ4n) is 2.13. The molecule has 21 heavy (non-hydrogen) atoms. The summed E-state index contributed by atoms with van der Waals surface area (Å²) in [6, 6.07) is 7.75. The second kappa shape index (κ2) is 5.34. The number of H-pyrrole nitrogens is 1. The van der Waals surface area contributed by atoms with Gasteiger partial charge in [-0.2, -0.15) is 0 Å². The zero-order valence-electron chi connectivity index (χ0n) is 10.7. The average Bonchev–Trinajstić information content (AvgIpc) is 2.96. The number of carbonyl (C=O) groups excluding carboxylic acids is 1. The van der Waals surface area contributed by atoms with E-state index in [1.165, 1.54) is 0 Å². The van der Waals surface area contributed by atoms with E-state index >= 15 is 0 Å². The Morgan fingerprint density at radius 3 is 2.95 bits per heavy atom. The molecule has 0 saturated carbocycles. The number of thiocarbonyl (C=S) groups is 1. The molecule has 0 radical (unpaired) electrons. The van der Waals surface area contributed by atoms with Crippen LogP contribution in [0.3, 0.4) is 0 Å². The number of aromatic amines is 1. The van der Waals surface area contributed by atoms with Crippen molar-refractivity contribution >= 4 is 57.2 Å². The summed E-state index contributed by atoms with van der Waals surface area (Å²) in [5.74, 6) is -1.45. The van der Waals surface area contributed by atoms with Crippen LogP contribution in [-0.2, 0) is 9.59 Å². The number of hydrogen-bond donors (Lipinski definition) is 2. The average molecular weight is 318 g/mol. The highest BCUT2D eigenvalue weighted by molar-refractivity contribution is 8.26. The number of aromatic nitrogens is 1. The molecule has 1 amide bonds. The van der Waals surface area contributed by atoms with E-state index in [0.717, 1.165) is 33.1 Å². The van der Waals surface area contributed by atoms with Gasteiger partial charge in [-0.3, -0.25) is 14.5 Å². The van der Waals surface area contributed by atoms with Gasteiger partial charge in [-0.15, -0.1) is 0 Å². The minimum atomic E-state index is -1.08. The molecule has 2 N–H and O–H groups in total. The van der Waals surface area contributed by atoms with E-state index in [4.69, 9.17) is 17.3 Å². The first-order valence-corrected chi connectivity index (χ1v) is 7.32. The molecule has 0 atom stereocenters. The zero-order valence-corrected chi connectivity index (χ0v) is 12.3. The standard InChI is InChI=1S/C14H10N2O3S2/c17-12(18)7-16-13(19)11(21-14(16)20)5-8-6-15-10-4-2-1-3-9(8)10/h1-6,15H,7H2,(H,17,18)/b11-5+. The van der Waals surface area contributed by atoms with Crippen LogP contribution in [0.4, 0.5) is 0 Å². The summed E-state index contributed by atoms with van der Waals surface area (Å²) < 4.78 is 0.272. The molecule has 0 spiro atoms. The molecule has 1 aromatic heterocycles. The van der Waals surface area contributed by atoms with E-state index in [2.05, 4.69) is 4.98 Å². The molecule has 1 aromatic carbocycles. The fourth-order valence-corrected chi connectivity index (χ4v) is 3.37. The molecular formula is C14H10N2O3S2. The predicted molar refractivity (Wildman–Crippen MR) is 85.8 cm³/mol. The molecule has 1 aliphatic rings. The van der Waals surface area contributed by atoms with Crippen molar-refractivity contribution in [2.45, 2.75) is 0 Å². The van der Waals surface area contributed by atoms with Crippen LogP contribution in [0.5, 0.6) is 0 Å². The number of carboxylic acid groups (broad SMARTS) is 1. The van der Waals surface area contributed by atoms with Gasteiger partial charge in [0.25, 0.3) is 5.91 Å². The molecule has 2 heterocycles. The number of aliphatic carboxylic acids is 1. The van der Waals surface area contributed by atoms with Gasteiger partial charge in [-0.1, -0.05) is 42.2 Å². The number of thioether (sulfide) groups is 1. The highest BCUT2D eigenvalue weighted by atomic mass is 32.2. The van der Waals surface area contributed by atoms with Crippen molar-refractivity contribution in [2.24, 2.45) is 0 Å². The van der Waals surface area contributed by atoms with Gasteiger partial charge in [-0.25, -0.2) is 0 Å². The lowest BCUT2D eigenvalue weighted by Crippen LogP contribution is -2.33. The summed E-state index contributed by atoms with van der Waals surface area (Å²) in [5.41, 5.74) is 1.85. The van der Waals surface area contributed by atoms with Gasteiger partial charge >= 0.3 is 5.97 Å². The predicted octanol–water partition coefficient (Wildman–Crippen LogP) is 2.45. The van der Waals surface area contributed by atoms with Crippen LogP contribution in [-0.4, -0.2) is 37.7 Å². The van der Waals surface area contributed by atoms with Gasteiger partial charge in [-0.05, 0) is 12.1 Å². The third kappa shape index (κ3) is 2.57. The molecule has 3 rings (SSSR count). The lowest BCUT2D eigenvalue weighted by molar-refractivity contribution is -0.140. The molecule has 5 nitrogen and oxygen atoms in total. The van der Waals surface area contributed by atoms with Crippen LogP contribution in [0.15, 0.2) is 35.4 Å². The number of hydrogen-bond acceptors (Lipinski definition) is 4. The Labute approximate surface area is 129 Å². The van der Waals surface area contributed by atoms with Gasteiger partial charge in [0.1, 0.15) is 10.9 Å². The van der Waals surface area contributed by atoms with Crippen LogP contribution in [0.2, 0.25) is 0 Å². The molecule has 0 unspecified atom stereocenters. The van der Waals surface area contributed by atoms with E-state index in [9.17, 15) is 9.59 Å². The Kier molecular flexibility index (Phi) is 3.52. The Balaban J connectivity index is 1.95. The second-order valence-corrected chi connectivity index (χ2v) is 6.13. The molecule has 106 valence electrons. The van der Waals surface area contributed by atoms with Crippen molar-refractivity contribution in [1.82, 2.24) is 9.88 Å². The number of nitrogens with zero attached hydrogens (tertiary/aromatic N) is 1. The van der Waals surface area contributed by atoms with Crippen molar-refractivity contribution in [1.29, 1.82) is 0 Å². The molecular weight excluding hydrogens is 308 g/mol. The van der Waals surface area contributed by atoms with Crippen molar-refractivity contribution < 1.29 is 14.7 Å². The largest absolute Gasteiger partial charge is 0.480 e. The highest BCUT2D eigenvalue weighted by Crippen LogP contribution is 2.33. The summed E-state index contributed by atoms with van der Waals surface area (Å²) in [7, 11) is 0. The lowest BCUT2D eigenvalue weighted by atomic mass is 10.1. The van der Waals surface area contributed by atoms with E-state index < -0.39 is 12.5 Å². The topological polar surface area (TPSA) is 73.4 Å². The van der Waals surface area contributed by atoms with Crippen molar-refractivity contribution in [3.05, 3.63) is 40.9 Å². The molecule has 1 fully saturated rings. The van der Waals surface area contributed by atoms with Crippen LogP contribution in [0.1, 0.15) is 5.56 Å². The second-order valence-electron chi connectivity index (χ2n) is 4.45. The summed E-state index contributed by atoms with van der Waals surface area (Å²) in [4.78, 5) is 27.6. The van der Waals surface area contributed by atoms with E-state index in [-0.39, 0.29) is 10.2 Å². The van der Waals surface area contributed by atoms with Crippen molar-refractivity contribution in [3.63, 3.8) is 0 Å². The van der Waals surface area contributed by atoms with Gasteiger partial charge in [0.15, 0.2) is 0 Å². The third-order valence-corrected chi connectivity index (χ3v) is 4.45. The summed E-state index contributed by atoms with van der Waals surface area (Å²) in [6.07, 6.45) is 3.55. The van der Waals surface area contributed by atoms with E-state index in [1.54, 1.807) is 6.08 Å². The van der Waals surface area contributed by atoms with Gasteiger partial charge in [0.05, 0.1) is 4.91 Å². The zero-order chi connectivity index (χ0) is 15.0. The number of fused-ring (bicyclic) bond motifs is 1. The summed E-state index contributed by atoms with van der Waals surface area (Å²) in [6.45, 7) is -0.407. The van der Waals surface area contributed by atoms with Gasteiger partial charge < -0.3 is 10.1 Å². The van der Waals surface area contributed by atoms with Crippen LogP contribution in [0, 0.1) is 0 Å². The quantitative estimate of drug-likeness (QED) is 0.672.